The number of amides is 1. The van der Waals surface area contributed by atoms with Gasteiger partial charge in [0, 0.05) is 34.0 Å². The summed E-state index contributed by atoms with van der Waals surface area (Å²) in [6.07, 6.45) is 3.64. The molecule has 6 nitrogen and oxygen atoms in total. The molecule has 5 rings (SSSR count). The SMILES string of the molecule is Nc1ccc(-n2ncc3cc(NC(=O)c4ccc5cc[nH]c5c4)ccc32)cc1. The van der Waals surface area contributed by atoms with Crippen LogP contribution in [0.4, 0.5) is 11.4 Å². The fourth-order valence-electron chi connectivity index (χ4n) is 3.32. The maximum atomic E-state index is 12.6. The van der Waals surface area contributed by atoms with Crippen LogP contribution in [0.15, 0.2) is 79.1 Å². The molecule has 0 atom stereocenters. The van der Waals surface area contributed by atoms with Crippen LogP contribution in [0, 0.1) is 0 Å². The zero-order valence-electron chi connectivity index (χ0n) is 14.9. The van der Waals surface area contributed by atoms with Crippen LogP contribution in [-0.2, 0) is 0 Å². The van der Waals surface area contributed by atoms with E-state index in [1.165, 1.54) is 0 Å². The molecule has 1 amide bonds. The summed E-state index contributed by atoms with van der Waals surface area (Å²) in [5.41, 5.74) is 10.6. The van der Waals surface area contributed by atoms with Gasteiger partial charge in [0.25, 0.3) is 5.91 Å². The molecule has 28 heavy (non-hydrogen) atoms. The summed E-state index contributed by atoms with van der Waals surface area (Å²) >= 11 is 0. The van der Waals surface area contributed by atoms with Gasteiger partial charge >= 0.3 is 0 Å². The fraction of sp³-hybridized carbons (Fsp3) is 0. The molecule has 5 aromatic rings. The van der Waals surface area contributed by atoms with E-state index < -0.39 is 0 Å². The Morgan fingerprint density at radius 1 is 0.964 bits per heavy atom. The Morgan fingerprint density at radius 2 is 1.82 bits per heavy atom. The molecular formula is C22H17N5O. The second-order valence-electron chi connectivity index (χ2n) is 6.66. The number of aromatic nitrogens is 3. The number of hydrogen-bond acceptors (Lipinski definition) is 3. The van der Waals surface area contributed by atoms with Gasteiger partial charge in [0.05, 0.1) is 17.4 Å². The Labute approximate surface area is 160 Å². The maximum Gasteiger partial charge on any atom is 0.255 e. The average molecular weight is 367 g/mol. The predicted octanol–water partition coefficient (Wildman–Crippen LogP) is 4.34. The van der Waals surface area contributed by atoms with Gasteiger partial charge in [-0.05, 0) is 66.0 Å². The van der Waals surface area contributed by atoms with Crippen LogP contribution in [0.2, 0.25) is 0 Å². The van der Waals surface area contributed by atoms with Gasteiger partial charge in [-0.3, -0.25) is 4.79 Å². The Kier molecular flexibility index (Phi) is 3.62. The van der Waals surface area contributed by atoms with Crippen molar-refractivity contribution in [2.24, 2.45) is 0 Å². The highest BCUT2D eigenvalue weighted by Crippen LogP contribution is 2.23. The molecular weight excluding hydrogens is 350 g/mol. The van der Waals surface area contributed by atoms with Crippen molar-refractivity contribution >= 4 is 39.1 Å². The Morgan fingerprint density at radius 3 is 2.68 bits per heavy atom. The summed E-state index contributed by atoms with van der Waals surface area (Å²) in [6.45, 7) is 0. The van der Waals surface area contributed by atoms with Crippen molar-refractivity contribution in [1.82, 2.24) is 14.8 Å². The van der Waals surface area contributed by atoms with E-state index in [9.17, 15) is 4.79 Å². The molecule has 0 aliphatic carbocycles. The number of fused-ring (bicyclic) bond motifs is 2. The summed E-state index contributed by atoms with van der Waals surface area (Å²) in [6, 6.07) is 20.9. The van der Waals surface area contributed by atoms with Crippen molar-refractivity contribution in [1.29, 1.82) is 0 Å². The number of nitrogens with two attached hydrogens (primary N) is 1. The first-order chi connectivity index (χ1) is 13.7. The number of aromatic amines is 1. The molecule has 0 saturated carbocycles. The van der Waals surface area contributed by atoms with Gasteiger partial charge in [0.1, 0.15) is 0 Å². The van der Waals surface area contributed by atoms with Gasteiger partial charge in [0.2, 0.25) is 0 Å². The van der Waals surface area contributed by atoms with E-state index in [0.29, 0.717) is 11.3 Å². The van der Waals surface area contributed by atoms with Gasteiger partial charge in [-0.2, -0.15) is 5.10 Å². The summed E-state index contributed by atoms with van der Waals surface area (Å²) in [5, 5.41) is 9.43. The standard InChI is InChI=1S/C22H17N5O/c23-17-3-6-19(7-4-17)27-21-8-5-18(11-16(21)13-25-27)26-22(28)15-2-1-14-9-10-24-20(14)12-15/h1-13,24H,23H2,(H,26,28). The van der Waals surface area contributed by atoms with E-state index in [2.05, 4.69) is 15.4 Å². The Balaban J connectivity index is 1.43. The molecule has 0 spiro atoms. The largest absolute Gasteiger partial charge is 0.399 e. The molecule has 0 aliphatic heterocycles. The lowest BCUT2D eigenvalue weighted by molar-refractivity contribution is 0.102. The number of nitrogens with one attached hydrogen (secondary N) is 2. The van der Waals surface area contributed by atoms with Crippen LogP contribution >= 0.6 is 0 Å². The molecule has 6 heteroatoms. The monoisotopic (exact) mass is 367 g/mol. The van der Waals surface area contributed by atoms with Crippen LogP contribution < -0.4 is 11.1 Å². The molecule has 3 aromatic carbocycles. The van der Waals surface area contributed by atoms with E-state index in [0.717, 1.165) is 33.2 Å². The van der Waals surface area contributed by atoms with Crippen molar-refractivity contribution in [3.63, 3.8) is 0 Å². The molecule has 0 fully saturated rings. The summed E-state index contributed by atoms with van der Waals surface area (Å²) in [5.74, 6) is -0.151. The van der Waals surface area contributed by atoms with Gasteiger partial charge in [-0.15, -0.1) is 0 Å². The average Bonchev–Trinajstić information content (AvgIpc) is 3.34. The van der Waals surface area contributed by atoms with E-state index in [4.69, 9.17) is 5.73 Å². The molecule has 2 heterocycles. The lowest BCUT2D eigenvalue weighted by atomic mass is 10.1. The zero-order chi connectivity index (χ0) is 19.1. The molecule has 0 bridgehead atoms. The molecule has 0 radical (unpaired) electrons. The third-order valence-electron chi connectivity index (χ3n) is 4.78. The number of H-pyrrole nitrogens is 1. The van der Waals surface area contributed by atoms with Crippen molar-refractivity contribution in [3.05, 3.63) is 84.7 Å². The molecule has 0 aliphatic rings. The first-order valence-corrected chi connectivity index (χ1v) is 8.90. The zero-order valence-corrected chi connectivity index (χ0v) is 14.9. The quantitative estimate of drug-likeness (QED) is 0.414. The number of anilines is 2. The molecule has 4 N–H and O–H groups in total. The van der Waals surface area contributed by atoms with Crippen LogP contribution in [0.5, 0.6) is 0 Å². The lowest BCUT2D eigenvalue weighted by Crippen LogP contribution is -2.11. The van der Waals surface area contributed by atoms with Crippen molar-refractivity contribution in [3.8, 4) is 5.69 Å². The van der Waals surface area contributed by atoms with Gasteiger partial charge in [-0.1, -0.05) is 6.07 Å². The number of nitrogens with zero attached hydrogens (tertiary/aromatic N) is 2. The van der Waals surface area contributed by atoms with Gasteiger partial charge in [-0.25, -0.2) is 4.68 Å². The highest BCUT2D eigenvalue weighted by Gasteiger charge is 2.10. The van der Waals surface area contributed by atoms with E-state index in [-0.39, 0.29) is 5.91 Å². The summed E-state index contributed by atoms with van der Waals surface area (Å²) in [7, 11) is 0. The summed E-state index contributed by atoms with van der Waals surface area (Å²) < 4.78 is 1.85. The van der Waals surface area contributed by atoms with Crippen molar-refractivity contribution < 1.29 is 4.79 Å². The Bertz CT molecular complexity index is 1310. The fourth-order valence-corrected chi connectivity index (χ4v) is 3.32. The predicted molar refractivity (Wildman–Crippen MR) is 112 cm³/mol. The van der Waals surface area contributed by atoms with Crippen molar-refractivity contribution in [2.45, 2.75) is 0 Å². The van der Waals surface area contributed by atoms with Gasteiger partial charge in [0.15, 0.2) is 0 Å². The minimum Gasteiger partial charge on any atom is -0.399 e. The number of nitrogen functional groups attached to an aromatic ring is 1. The highest BCUT2D eigenvalue weighted by molar-refractivity contribution is 6.06. The molecule has 0 saturated heterocycles. The first-order valence-electron chi connectivity index (χ1n) is 8.90. The third kappa shape index (κ3) is 2.77. The topological polar surface area (TPSA) is 88.7 Å². The number of carbonyl (C=O) groups is 1. The third-order valence-corrected chi connectivity index (χ3v) is 4.78. The van der Waals surface area contributed by atoms with Crippen LogP contribution in [-0.4, -0.2) is 20.7 Å². The van der Waals surface area contributed by atoms with Crippen LogP contribution in [0.25, 0.3) is 27.5 Å². The first kappa shape index (κ1) is 16.1. The van der Waals surface area contributed by atoms with Crippen LogP contribution in [0.3, 0.4) is 0 Å². The normalized spacial score (nSPS) is 11.1. The maximum absolute atomic E-state index is 12.6. The van der Waals surface area contributed by atoms with Gasteiger partial charge < -0.3 is 16.0 Å². The Hall–Kier alpha value is -4.06. The lowest BCUT2D eigenvalue weighted by Gasteiger charge is -2.07. The number of benzene rings is 3. The number of carbonyl (C=O) groups excluding carboxylic acids is 1. The molecule has 2 aromatic heterocycles. The summed E-state index contributed by atoms with van der Waals surface area (Å²) in [4.78, 5) is 15.7. The smallest absolute Gasteiger partial charge is 0.255 e. The minimum absolute atomic E-state index is 0.151. The minimum atomic E-state index is -0.151. The molecule has 0 unspecified atom stereocenters. The van der Waals surface area contributed by atoms with Crippen LogP contribution in [0.1, 0.15) is 10.4 Å². The second kappa shape index (κ2) is 6.28. The molecule has 136 valence electrons. The van der Waals surface area contributed by atoms with E-state index in [1.807, 2.05) is 77.6 Å². The number of rotatable bonds is 3. The van der Waals surface area contributed by atoms with E-state index >= 15 is 0 Å². The number of hydrogen-bond donors (Lipinski definition) is 3. The second-order valence-corrected chi connectivity index (χ2v) is 6.66. The highest BCUT2D eigenvalue weighted by atomic mass is 16.1. The van der Waals surface area contributed by atoms with Crippen molar-refractivity contribution in [2.75, 3.05) is 11.1 Å². The van der Waals surface area contributed by atoms with E-state index in [1.54, 1.807) is 6.20 Å².